The van der Waals surface area contributed by atoms with Gasteiger partial charge in [0.1, 0.15) is 13.2 Å². The fourth-order valence-electron chi connectivity index (χ4n) is 3.64. The Labute approximate surface area is 238 Å². The van der Waals surface area contributed by atoms with Crippen molar-refractivity contribution in [2.45, 2.75) is 109 Å². The third-order valence-corrected chi connectivity index (χ3v) is 7.04. The average Bonchev–Trinajstić information content (AvgIpc) is 2.85. The lowest BCUT2D eigenvalue weighted by Gasteiger charge is -2.25. The summed E-state index contributed by atoms with van der Waals surface area (Å²) in [6, 6.07) is -0.860. The molecular weight excluding hydrogens is 515 g/mol. The van der Waals surface area contributed by atoms with E-state index in [9.17, 15) is 19.4 Å². The number of carbonyl (C=O) groups is 1. The zero-order chi connectivity index (χ0) is 29.4. The molecule has 0 aromatic heterocycles. The van der Waals surface area contributed by atoms with E-state index in [1.54, 1.807) is 6.08 Å². The summed E-state index contributed by atoms with van der Waals surface area (Å²) in [7, 11) is 1.53. The molecule has 0 fully saturated rings. The van der Waals surface area contributed by atoms with Gasteiger partial charge in [-0.3, -0.25) is 13.8 Å². The van der Waals surface area contributed by atoms with Gasteiger partial charge in [0.15, 0.2) is 0 Å². The molecule has 228 valence electrons. The first kappa shape index (κ1) is 37.7. The van der Waals surface area contributed by atoms with Crippen LogP contribution in [-0.2, 0) is 18.4 Å². The third kappa shape index (κ3) is 25.4. The number of allylic oxidation sites excluding steroid dienone is 5. The van der Waals surface area contributed by atoms with Crippen molar-refractivity contribution in [3.05, 3.63) is 36.5 Å². The molecule has 0 aliphatic rings. The molecule has 0 saturated heterocycles. The number of phosphoric acid groups is 1. The van der Waals surface area contributed by atoms with E-state index in [1.165, 1.54) is 44.9 Å². The van der Waals surface area contributed by atoms with Crippen LogP contribution in [0.25, 0.3) is 0 Å². The van der Waals surface area contributed by atoms with Gasteiger partial charge in [-0.05, 0) is 44.9 Å². The number of unbranched alkanes of at least 4 members (excludes halogenated alkanes) is 8. The van der Waals surface area contributed by atoms with Crippen molar-refractivity contribution in [3.8, 4) is 0 Å². The molecule has 0 radical (unpaired) electrons. The maximum absolute atomic E-state index is 12.2. The van der Waals surface area contributed by atoms with Crippen molar-refractivity contribution in [2.24, 2.45) is 0 Å². The molecule has 0 aliphatic carbocycles. The molecule has 3 atom stereocenters. The van der Waals surface area contributed by atoms with Crippen molar-refractivity contribution in [3.63, 3.8) is 0 Å². The van der Waals surface area contributed by atoms with Crippen LogP contribution in [0.2, 0.25) is 0 Å². The standard InChI is InChI=1S/C30H57N2O6P/c1-6-8-9-10-11-12-13-14-15-16-17-18-19-20-21-22-24-29(33)28(31-30(34)23-7-2)27-38-39(35,36)37-26-25-32(3,4)5/h14-15,18-19,22,24,28-29,33H,6-13,16-17,20-21,23,25-27H2,1-5H3,(H-,31,34,35,36)/p+1/b15-14+,19-18+,24-22+. The van der Waals surface area contributed by atoms with Gasteiger partial charge in [-0.15, -0.1) is 0 Å². The van der Waals surface area contributed by atoms with E-state index in [0.717, 1.165) is 25.7 Å². The van der Waals surface area contributed by atoms with Gasteiger partial charge in [0.2, 0.25) is 5.91 Å². The molecule has 3 unspecified atom stereocenters. The molecule has 0 saturated carbocycles. The lowest BCUT2D eigenvalue weighted by Crippen LogP contribution is -2.45. The molecule has 1 amide bonds. The van der Waals surface area contributed by atoms with Gasteiger partial charge in [-0.25, -0.2) is 4.57 Å². The SMILES string of the molecule is CCCCCCCC/C=C/CC/C=C/CC/C=C/C(O)C(COP(=O)(O)OCC[N+](C)(C)C)NC(=O)CCC. The van der Waals surface area contributed by atoms with E-state index in [-0.39, 0.29) is 19.1 Å². The van der Waals surface area contributed by atoms with Crippen molar-refractivity contribution in [1.82, 2.24) is 5.32 Å². The van der Waals surface area contributed by atoms with Crippen molar-refractivity contribution < 1.29 is 32.9 Å². The zero-order valence-electron chi connectivity index (χ0n) is 25.4. The summed E-state index contributed by atoms with van der Waals surface area (Å²) in [5.41, 5.74) is 0. The van der Waals surface area contributed by atoms with Crippen LogP contribution in [-0.4, -0.2) is 73.4 Å². The quantitative estimate of drug-likeness (QED) is 0.0502. The Bertz CT molecular complexity index is 748. The number of aliphatic hydroxyl groups is 1. The second kappa shape index (κ2) is 23.4. The minimum absolute atomic E-state index is 0.0512. The number of hydrogen-bond acceptors (Lipinski definition) is 5. The fourth-order valence-corrected chi connectivity index (χ4v) is 4.38. The molecule has 0 bridgehead atoms. The Kier molecular flexibility index (Phi) is 22.7. The fraction of sp³-hybridized carbons (Fsp3) is 0.767. The minimum Gasteiger partial charge on any atom is -0.387 e. The summed E-state index contributed by atoms with van der Waals surface area (Å²) in [6.07, 6.45) is 25.0. The summed E-state index contributed by atoms with van der Waals surface area (Å²) >= 11 is 0. The van der Waals surface area contributed by atoms with E-state index in [1.807, 2.05) is 34.1 Å². The first-order chi connectivity index (χ1) is 18.5. The number of quaternary nitrogens is 1. The van der Waals surface area contributed by atoms with E-state index < -0.39 is 20.0 Å². The van der Waals surface area contributed by atoms with Crippen molar-refractivity contribution in [1.29, 1.82) is 0 Å². The molecule has 0 heterocycles. The zero-order valence-corrected chi connectivity index (χ0v) is 26.2. The molecule has 39 heavy (non-hydrogen) atoms. The highest BCUT2D eigenvalue weighted by Crippen LogP contribution is 2.43. The van der Waals surface area contributed by atoms with Gasteiger partial charge < -0.3 is 19.8 Å². The summed E-state index contributed by atoms with van der Waals surface area (Å²) in [4.78, 5) is 22.1. The highest BCUT2D eigenvalue weighted by molar-refractivity contribution is 7.47. The lowest BCUT2D eigenvalue weighted by molar-refractivity contribution is -0.870. The normalized spacial score (nSPS) is 15.8. The number of aliphatic hydroxyl groups excluding tert-OH is 1. The van der Waals surface area contributed by atoms with E-state index in [0.29, 0.717) is 23.9 Å². The van der Waals surface area contributed by atoms with Crippen LogP contribution in [0.15, 0.2) is 36.5 Å². The molecule has 0 rings (SSSR count). The first-order valence-corrected chi connectivity index (χ1v) is 16.4. The van der Waals surface area contributed by atoms with Gasteiger partial charge >= 0.3 is 7.82 Å². The van der Waals surface area contributed by atoms with Crippen molar-refractivity contribution >= 4 is 13.7 Å². The van der Waals surface area contributed by atoms with E-state index in [2.05, 4.69) is 36.5 Å². The largest absolute Gasteiger partial charge is 0.472 e. The number of hydrogen-bond donors (Lipinski definition) is 3. The third-order valence-electron chi connectivity index (χ3n) is 6.06. The predicted octanol–water partition coefficient (Wildman–Crippen LogP) is 6.45. The van der Waals surface area contributed by atoms with Crippen LogP contribution >= 0.6 is 7.82 Å². The van der Waals surface area contributed by atoms with Crippen LogP contribution in [0.3, 0.4) is 0 Å². The second-order valence-electron chi connectivity index (χ2n) is 11.1. The number of likely N-dealkylation sites (N-methyl/N-ethyl adjacent to an activating group) is 1. The summed E-state index contributed by atoms with van der Waals surface area (Å²) < 4.78 is 22.9. The molecule has 0 aromatic carbocycles. The molecular formula is C30H58N2O6P+. The Morgan fingerprint density at radius 1 is 0.846 bits per heavy atom. The molecule has 8 nitrogen and oxygen atoms in total. The average molecular weight is 574 g/mol. The number of nitrogens with one attached hydrogen (secondary N) is 1. The van der Waals surface area contributed by atoms with Crippen molar-refractivity contribution in [2.75, 3.05) is 40.9 Å². The number of phosphoric ester groups is 1. The van der Waals surface area contributed by atoms with Gasteiger partial charge in [0.05, 0.1) is 39.9 Å². The topological polar surface area (TPSA) is 105 Å². The number of amides is 1. The maximum Gasteiger partial charge on any atom is 0.472 e. The molecule has 0 aliphatic heterocycles. The molecule has 0 spiro atoms. The smallest absolute Gasteiger partial charge is 0.387 e. The van der Waals surface area contributed by atoms with Gasteiger partial charge in [0.25, 0.3) is 0 Å². The predicted molar refractivity (Wildman–Crippen MR) is 161 cm³/mol. The van der Waals surface area contributed by atoms with Crippen LogP contribution in [0, 0.1) is 0 Å². The Morgan fingerprint density at radius 3 is 2.00 bits per heavy atom. The Hall–Kier alpha value is -1.28. The maximum atomic E-state index is 12.2. The summed E-state index contributed by atoms with van der Waals surface area (Å²) in [5.74, 6) is -0.249. The van der Waals surface area contributed by atoms with Crippen LogP contribution < -0.4 is 5.32 Å². The summed E-state index contributed by atoms with van der Waals surface area (Å²) in [5, 5.41) is 13.3. The molecule has 3 N–H and O–H groups in total. The molecule has 9 heteroatoms. The lowest BCUT2D eigenvalue weighted by atomic mass is 10.1. The van der Waals surface area contributed by atoms with Crippen LogP contribution in [0.5, 0.6) is 0 Å². The van der Waals surface area contributed by atoms with Gasteiger partial charge in [-0.2, -0.15) is 0 Å². The first-order valence-electron chi connectivity index (χ1n) is 14.9. The molecule has 0 aromatic rings. The highest BCUT2D eigenvalue weighted by Gasteiger charge is 2.27. The van der Waals surface area contributed by atoms with E-state index >= 15 is 0 Å². The van der Waals surface area contributed by atoms with Gasteiger partial charge in [0, 0.05) is 6.42 Å². The minimum atomic E-state index is -4.31. The highest BCUT2D eigenvalue weighted by atomic mass is 31.2. The Morgan fingerprint density at radius 2 is 1.41 bits per heavy atom. The van der Waals surface area contributed by atoms with Crippen LogP contribution in [0.1, 0.15) is 97.3 Å². The van der Waals surface area contributed by atoms with Crippen LogP contribution in [0.4, 0.5) is 0 Å². The van der Waals surface area contributed by atoms with E-state index in [4.69, 9.17) is 9.05 Å². The number of nitrogens with zero attached hydrogens (tertiary/aromatic N) is 1. The second-order valence-corrected chi connectivity index (χ2v) is 12.6. The number of carbonyl (C=O) groups excluding carboxylic acids is 1. The number of rotatable bonds is 25. The Balaban J connectivity index is 4.39. The summed E-state index contributed by atoms with van der Waals surface area (Å²) in [6.45, 7) is 4.36. The monoisotopic (exact) mass is 573 g/mol. The van der Waals surface area contributed by atoms with Gasteiger partial charge in [-0.1, -0.05) is 82.4 Å².